The van der Waals surface area contributed by atoms with E-state index in [0.717, 1.165) is 26.7 Å². The van der Waals surface area contributed by atoms with Crippen molar-refractivity contribution < 1.29 is 9.90 Å². The molecule has 0 saturated heterocycles. The predicted octanol–water partition coefficient (Wildman–Crippen LogP) is 3.65. The maximum Gasteiger partial charge on any atom is 0.315 e. The quantitative estimate of drug-likeness (QED) is 0.870. The lowest BCUT2D eigenvalue weighted by Gasteiger charge is -2.07. The second-order valence-corrected chi connectivity index (χ2v) is 4.92. The molecular weight excluding hydrogens is 280 g/mol. The van der Waals surface area contributed by atoms with E-state index in [1.807, 2.05) is 42.5 Å². The molecule has 0 aliphatic heterocycles. The highest BCUT2D eigenvalue weighted by Gasteiger charge is 2.34. The molecule has 0 heterocycles. The first kappa shape index (κ1) is 10.5. The number of rotatable bonds is 1. The lowest BCUT2D eigenvalue weighted by molar-refractivity contribution is -0.137. The van der Waals surface area contributed by atoms with E-state index in [4.69, 9.17) is 0 Å². The topological polar surface area (TPSA) is 37.3 Å². The molecule has 2 aromatic carbocycles. The molecule has 0 spiro atoms. The van der Waals surface area contributed by atoms with E-state index in [9.17, 15) is 9.90 Å². The summed E-state index contributed by atoms with van der Waals surface area (Å²) in [5, 5.41) is 9.38. The van der Waals surface area contributed by atoms with Crippen LogP contribution in [0.3, 0.4) is 0 Å². The zero-order chi connectivity index (χ0) is 12.0. The van der Waals surface area contributed by atoms with Crippen LogP contribution in [0.1, 0.15) is 17.0 Å². The van der Waals surface area contributed by atoms with E-state index >= 15 is 0 Å². The van der Waals surface area contributed by atoms with Crippen LogP contribution in [0.4, 0.5) is 0 Å². The molecule has 3 heteroatoms. The Bertz CT molecular complexity index is 619. The highest BCUT2D eigenvalue weighted by atomic mass is 79.9. The minimum atomic E-state index is -0.797. The summed E-state index contributed by atoms with van der Waals surface area (Å²) < 4.78 is 0.950. The van der Waals surface area contributed by atoms with Crippen molar-refractivity contribution in [3.05, 3.63) is 58.1 Å². The minimum absolute atomic E-state index is 0.543. The third-order valence-electron chi connectivity index (χ3n) is 3.14. The van der Waals surface area contributed by atoms with Crippen LogP contribution < -0.4 is 0 Å². The van der Waals surface area contributed by atoms with Crippen LogP contribution in [0, 0.1) is 0 Å². The van der Waals surface area contributed by atoms with Crippen molar-refractivity contribution in [3.63, 3.8) is 0 Å². The largest absolute Gasteiger partial charge is 0.481 e. The van der Waals surface area contributed by atoms with Crippen molar-refractivity contribution in [2.45, 2.75) is 5.92 Å². The van der Waals surface area contributed by atoms with Crippen LogP contribution >= 0.6 is 15.9 Å². The number of carbonyl (C=O) groups is 1. The highest BCUT2D eigenvalue weighted by Crippen LogP contribution is 2.47. The Morgan fingerprint density at radius 3 is 2.53 bits per heavy atom. The van der Waals surface area contributed by atoms with Crippen LogP contribution in [-0.4, -0.2) is 11.1 Å². The van der Waals surface area contributed by atoms with Crippen molar-refractivity contribution in [1.29, 1.82) is 0 Å². The monoisotopic (exact) mass is 288 g/mol. The maximum atomic E-state index is 11.4. The lowest BCUT2D eigenvalue weighted by atomic mass is 9.97. The van der Waals surface area contributed by atoms with Gasteiger partial charge in [-0.25, -0.2) is 0 Å². The zero-order valence-electron chi connectivity index (χ0n) is 8.85. The van der Waals surface area contributed by atoms with Gasteiger partial charge in [-0.05, 0) is 22.8 Å². The summed E-state index contributed by atoms with van der Waals surface area (Å²) >= 11 is 3.50. The SMILES string of the molecule is O=C(O)C1c2ccccc2-c2c(Br)cccc21. The molecule has 1 atom stereocenters. The molecule has 0 aromatic heterocycles. The van der Waals surface area contributed by atoms with E-state index in [2.05, 4.69) is 15.9 Å². The average molecular weight is 289 g/mol. The Labute approximate surface area is 107 Å². The van der Waals surface area contributed by atoms with Gasteiger partial charge in [0.15, 0.2) is 0 Å². The molecule has 1 aliphatic carbocycles. The summed E-state index contributed by atoms with van der Waals surface area (Å²) in [6.07, 6.45) is 0. The summed E-state index contributed by atoms with van der Waals surface area (Å²) in [4.78, 5) is 11.4. The molecule has 0 fully saturated rings. The molecule has 1 unspecified atom stereocenters. The van der Waals surface area contributed by atoms with Gasteiger partial charge in [0.25, 0.3) is 0 Å². The summed E-state index contributed by atoms with van der Waals surface area (Å²) in [5.74, 6) is -1.34. The van der Waals surface area contributed by atoms with Gasteiger partial charge >= 0.3 is 5.97 Å². The number of fused-ring (bicyclic) bond motifs is 3. The van der Waals surface area contributed by atoms with Crippen molar-refractivity contribution in [1.82, 2.24) is 0 Å². The normalized spacial score (nSPS) is 16.4. The predicted molar refractivity (Wildman–Crippen MR) is 69.1 cm³/mol. The maximum absolute atomic E-state index is 11.4. The van der Waals surface area contributed by atoms with Crippen LogP contribution in [0.15, 0.2) is 46.9 Å². The Morgan fingerprint density at radius 1 is 1.06 bits per heavy atom. The summed E-state index contributed by atoms with van der Waals surface area (Å²) in [7, 11) is 0. The molecule has 3 rings (SSSR count). The number of carboxylic acid groups (broad SMARTS) is 1. The number of aliphatic carboxylic acids is 1. The molecular formula is C14H9BrO2. The zero-order valence-corrected chi connectivity index (χ0v) is 10.4. The molecule has 84 valence electrons. The van der Waals surface area contributed by atoms with E-state index in [1.165, 1.54) is 0 Å². The fraction of sp³-hybridized carbons (Fsp3) is 0.0714. The fourth-order valence-corrected chi connectivity index (χ4v) is 3.07. The third-order valence-corrected chi connectivity index (χ3v) is 3.81. The highest BCUT2D eigenvalue weighted by molar-refractivity contribution is 9.10. The first-order valence-electron chi connectivity index (χ1n) is 5.30. The Balaban J connectivity index is 2.38. The molecule has 0 amide bonds. The van der Waals surface area contributed by atoms with Crippen LogP contribution in [0.5, 0.6) is 0 Å². The van der Waals surface area contributed by atoms with Gasteiger partial charge in [-0.3, -0.25) is 4.79 Å². The molecule has 0 bridgehead atoms. The molecule has 1 aliphatic rings. The average Bonchev–Trinajstić information content (AvgIpc) is 2.64. The van der Waals surface area contributed by atoms with Gasteiger partial charge in [-0.2, -0.15) is 0 Å². The number of hydrogen-bond donors (Lipinski definition) is 1. The molecule has 1 N–H and O–H groups in total. The lowest BCUT2D eigenvalue weighted by Crippen LogP contribution is -2.09. The smallest absolute Gasteiger partial charge is 0.315 e. The summed E-state index contributed by atoms with van der Waals surface area (Å²) in [5.41, 5.74) is 3.77. The molecule has 2 aromatic rings. The van der Waals surface area contributed by atoms with E-state index < -0.39 is 11.9 Å². The van der Waals surface area contributed by atoms with Gasteiger partial charge in [0.05, 0.1) is 0 Å². The summed E-state index contributed by atoms with van der Waals surface area (Å²) in [6.45, 7) is 0. The summed E-state index contributed by atoms with van der Waals surface area (Å²) in [6, 6.07) is 13.4. The van der Waals surface area contributed by atoms with Crippen LogP contribution in [-0.2, 0) is 4.79 Å². The van der Waals surface area contributed by atoms with Crippen LogP contribution in [0.25, 0.3) is 11.1 Å². The Hall–Kier alpha value is -1.61. The standard InChI is InChI=1S/C14H9BrO2/c15-11-7-3-6-10-12(11)8-4-1-2-5-9(8)13(10)14(16)17/h1-7,13H,(H,16,17). The molecule has 2 nitrogen and oxygen atoms in total. The van der Waals surface area contributed by atoms with Crippen molar-refractivity contribution in [2.75, 3.05) is 0 Å². The number of benzene rings is 2. The Kier molecular flexibility index (Phi) is 2.30. The van der Waals surface area contributed by atoms with Gasteiger partial charge in [0.1, 0.15) is 5.92 Å². The third kappa shape index (κ3) is 1.42. The van der Waals surface area contributed by atoms with Gasteiger partial charge in [-0.1, -0.05) is 52.3 Å². The van der Waals surface area contributed by atoms with Gasteiger partial charge in [0.2, 0.25) is 0 Å². The number of halogens is 1. The number of hydrogen-bond acceptors (Lipinski definition) is 1. The van der Waals surface area contributed by atoms with E-state index in [1.54, 1.807) is 0 Å². The van der Waals surface area contributed by atoms with Gasteiger partial charge < -0.3 is 5.11 Å². The minimum Gasteiger partial charge on any atom is -0.481 e. The molecule has 0 saturated carbocycles. The Morgan fingerprint density at radius 2 is 1.76 bits per heavy atom. The first-order chi connectivity index (χ1) is 8.20. The van der Waals surface area contributed by atoms with Crippen molar-refractivity contribution in [3.8, 4) is 11.1 Å². The van der Waals surface area contributed by atoms with Gasteiger partial charge in [0, 0.05) is 10.0 Å². The second-order valence-electron chi connectivity index (χ2n) is 4.06. The van der Waals surface area contributed by atoms with Crippen LogP contribution in [0.2, 0.25) is 0 Å². The van der Waals surface area contributed by atoms with Gasteiger partial charge in [-0.15, -0.1) is 0 Å². The van der Waals surface area contributed by atoms with Crippen molar-refractivity contribution >= 4 is 21.9 Å². The second kappa shape index (κ2) is 3.70. The van der Waals surface area contributed by atoms with E-state index in [0.29, 0.717) is 0 Å². The molecule has 0 radical (unpaired) electrons. The van der Waals surface area contributed by atoms with E-state index in [-0.39, 0.29) is 0 Å². The fourth-order valence-electron chi connectivity index (χ4n) is 2.48. The number of carboxylic acids is 1. The first-order valence-corrected chi connectivity index (χ1v) is 6.10. The molecule has 17 heavy (non-hydrogen) atoms. The van der Waals surface area contributed by atoms with Crippen molar-refractivity contribution in [2.24, 2.45) is 0 Å².